The minimum Gasteiger partial charge on any atom is -0.464 e. The summed E-state index contributed by atoms with van der Waals surface area (Å²) < 4.78 is 11.7. The predicted octanol–water partition coefficient (Wildman–Crippen LogP) is 4.03. The Labute approximate surface area is 286 Å². The first-order chi connectivity index (χ1) is 23.1. The van der Waals surface area contributed by atoms with Gasteiger partial charge in [0.2, 0.25) is 0 Å². The Morgan fingerprint density at radius 2 is 1.94 bits per heavy atom. The number of carbonyl (C=O) groups is 2. The number of nitrogens with one attached hydrogen (secondary N) is 4. The van der Waals surface area contributed by atoms with Crippen LogP contribution in [-0.2, 0) is 34.2 Å². The van der Waals surface area contributed by atoms with Gasteiger partial charge in [0.25, 0.3) is 6.47 Å². The third-order valence-electron chi connectivity index (χ3n) is 8.71. The maximum Gasteiger partial charge on any atom is 0.315 e. The van der Waals surface area contributed by atoms with Crippen LogP contribution in [0.5, 0.6) is 0 Å². The summed E-state index contributed by atoms with van der Waals surface area (Å²) in [5.74, 6) is 0. The van der Waals surface area contributed by atoms with Gasteiger partial charge in [0, 0.05) is 51.6 Å². The molecule has 11 nitrogen and oxygen atoms in total. The molecule has 1 aromatic heterocycles. The highest BCUT2D eigenvalue weighted by molar-refractivity contribution is 5.83. The lowest BCUT2D eigenvalue weighted by Crippen LogP contribution is -2.47. The molecule has 11 heteroatoms. The zero-order valence-electron chi connectivity index (χ0n) is 29.6. The van der Waals surface area contributed by atoms with E-state index in [-0.39, 0.29) is 29.8 Å². The van der Waals surface area contributed by atoms with Crippen molar-refractivity contribution in [2.24, 2.45) is 7.05 Å². The van der Waals surface area contributed by atoms with Gasteiger partial charge in [-0.3, -0.25) is 4.79 Å². The number of benzene rings is 1. The zero-order valence-corrected chi connectivity index (χ0v) is 29.6. The smallest absolute Gasteiger partial charge is 0.315 e. The first kappa shape index (κ1) is 36.9. The monoisotopic (exact) mass is 661 g/mol. The van der Waals surface area contributed by atoms with Crippen molar-refractivity contribution in [2.45, 2.75) is 77.1 Å². The first-order valence-electron chi connectivity index (χ1n) is 17.2. The Hall–Kier alpha value is -3.93. The van der Waals surface area contributed by atoms with Crippen molar-refractivity contribution >= 4 is 18.1 Å². The molecule has 2 saturated heterocycles. The van der Waals surface area contributed by atoms with E-state index in [2.05, 4.69) is 75.5 Å². The zero-order chi connectivity index (χ0) is 34.5. The van der Waals surface area contributed by atoms with Crippen LogP contribution in [0.2, 0.25) is 0 Å². The van der Waals surface area contributed by atoms with Gasteiger partial charge < -0.3 is 40.2 Å². The Morgan fingerprint density at radius 1 is 1.19 bits per heavy atom. The van der Waals surface area contributed by atoms with Gasteiger partial charge in [-0.25, -0.2) is 9.78 Å². The van der Waals surface area contributed by atoms with E-state index in [1.165, 1.54) is 35.4 Å². The average Bonchev–Trinajstić information content (AvgIpc) is 3.42. The molecule has 2 fully saturated rings. The lowest BCUT2D eigenvalue weighted by molar-refractivity contribution is -0.137. The highest BCUT2D eigenvalue weighted by atomic mass is 16.5. The van der Waals surface area contributed by atoms with Crippen molar-refractivity contribution in [3.05, 3.63) is 83.1 Å². The van der Waals surface area contributed by atoms with Gasteiger partial charge in [0.05, 0.1) is 43.5 Å². The Kier molecular flexibility index (Phi) is 13.8. The van der Waals surface area contributed by atoms with Crippen LogP contribution in [0.1, 0.15) is 69.0 Å². The normalized spacial score (nSPS) is 19.9. The Balaban J connectivity index is 0.000000264. The molecule has 0 spiro atoms. The van der Waals surface area contributed by atoms with E-state index in [0.717, 1.165) is 63.3 Å². The van der Waals surface area contributed by atoms with Gasteiger partial charge in [-0.2, -0.15) is 0 Å². The number of hydrogen-bond donors (Lipinski definition) is 4. The number of aromatic nitrogens is 2. The van der Waals surface area contributed by atoms with Crippen molar-refractivity contribution in [3.8, 4) is 0 Å². The topological polar surface area (TPSA) is 122 Å². The van der Waals surface area contributed by atoms with Crippen LogP contribution in [-0.4, -0.2) is 91.1 Å². The average molecular weight is 662 g/mol. The highest BCUT2D eigenvalue weighted by Gasteiger charge is 2.30. The molecule has 2 amide bonds. The number of likely N-dealkylation sites (N-methyl/N-ethyl adjacent to an activating group) is 1. The van der Waals surface area contributed by atoms with Crippen LogP contribution in [0.25, 0.3) is 5.57 Å². The second-order valence-corrected chi connectivity index (χ2v) is 13.7. The number of imidazole rings is 1. The van der Waals surface area contributed by atoms with E-state index in [1.54, 1.807) is 6.33 Å². The van der Waals surface area contributed by atoms with Crippen molar-refractivity contribution in [1.29, 1.82) is 0 Å². The number of dihydropyridines is 1. The van der Waals surface area contributed by atoms with Crippen LogP contribution in [0.4, 0.5) is 4.79 Å². The van der Waals surface area contributed by atoms with Gasteiger partial charge in [0.1, 0.15) is 6.10 Å². The number of allylic oxidation sites excluding steroid dienone is 2. The lowest BCUT2D eigenvalue weighted by Gasteiger charge is -2.27. The quantitative estimate of drug-likeness (QED) is 0.343. The summed E-state index contributed by atoms with van der Waals surface area (Å²) in [4.78, 5) is 29.5. The van der Waals surface area contributed by atoms with Crippen LogP contribution in [0.15, 0.2) is 60.7 Å². The molecular weight excluding hydrogens is 606 g/mol. The van der Waals surface area contributed by atoms with E-state index in [4.69, 9.17) is 9.47 Å². The van der Waals surface area contributed by atoms with Crippen molar-refractivity contribution in [1.82, 2.24) is 35.7 Å². The second-order valence-electron chi connectivity index (χ2n) is 13.7. The molecule has 4 N–H and O–H groups in total. The largest absolute Gasteiger partial charge is 0.464 e. The molecule has 3 aliphatic heterocycles. The molecule has 262 valence electrons. The summed E-state index contributed by atoms with van der Waals surface area (Å²) in [5, 5.41) is 13.1. The number of urea groups is 1. The Bertz CT molecular complexity index is 1430. The van der Waals surface area contributed by atoms with Crippen LogP contribution < -0.4 is 21.3 Å². The fourth-order valence-electron chi connectivity index (χ4n) is 6.01. The molecule has 0 saturated carbocycles. The molecule has 1 aromatic carbocycles. The molecule has 4 heterocycles. The number of hydrogen-bond acceptors (Lipinski definition) is 8. The molecule has 6 rings (SSSR count). The number of piperazine rings is 1. The first-order valence-corrected chi connectivity index (χ1v) is 17.2. The van der Waals surface area contributed by atoms with Gasteiger partial charge >= 0.3 is 6.03 Å². The maximum atomic E-state index is 13.0. The van der Waals surface area contributed by atoms with Crippen molar-refractivity contribution in [3.63, 3.8) is 0 Å². The van der Waals surface area contributed by atoms with E-state index in [9.17, 15) is 9.59 Å². The summed E-state index contributed by atoms with van der Waals surface area (Å²) in [6.45, 7) is 14.8. The van der Waals surface area contributed by atoms with Gasteiger partial charge in [-0.15, -0.1) is 0 Å². The molecule has 4 aliphatic rings. The van der Waals surface area contributed by atoms with Gasteiger partial charge in [0.15, 0.2) is 0 Å². The van der Waals surface area contributed by atoms with Crippen LogP contribution in [0.3, 0.4) is 0 Å². The number of rotatable bonds is 6. The summed E-state index contributed by atoms with van der Waals surface area (Å²) in [5.41, 5.74) is 6.63. The molecule has 2 aromatic rings. The molecule has 1 aliphatic carbocycles. The molecular formula is C37H55N7O4. The second kappa shape index (κ2) is 18.0. The summed E-state index contributed by atoms with van der Waals surface area (Å²) >= 11 is 0. The number of ether oxygens (including phenoxy) is 2. The SMILES string of the molecule is CCc1ccc2c(c1)C(C(NC(=O)NC(C)(C)C)c1cncn1C)=CC1=CC=CNC1C2.CN1CCNCC1.O=COC1CCOCC1. The standard InChI is InChI=1S/C26H33N5O.C6H10O3.C5H12N2/c1-6-17-9-10-18-14-22-19(8-7-11-28-22)13-21(20(18)12-17)24(23-15-27-16-31(23)5)29-25(32)30-26(2,3)4;7-5-9-6-1-3-8-4-2-6;1-7-4-2-6-3-5-7/h7-13,15-16,22,24,28H,6,14H2,1-5H3,(H2,29,30,32);5-6H,1-4H2;6H,2-5H2,1H3. The third-order valence-corrected chi connectivity index (χ3v) is 8.71. The highest BCUT2D eigenvalue weighted by Crippen LogP contribution is 2.38. The lowest BCUT2D eigenvalue weighted by atomic mass is 9.90. The number of amides is 2. The summed E-state index contributed by atoms with van der Waals surface area (Å²) in [6, 6.07) is 6.39. The number of carbonyl (C=O) groups excluding carboxylic acids is 2. The van der Waals surface area contributed by atoms with E-state index in [1.807, 2.05) is 50.9 Å². The molecule has 2 unspecified atom stereocenters. The summed E-state index contributed by atoms with van der Waals surface area (Å²) in [7, 11) is 4.12. The van der Waals surface area contributed by atoms with Crippen LogP contribution >= 0.6 is 0 Å². The molecule has 2 atom stereocenters. The molecule has 0 radical (unpaired) electrons. The van der Waals surface area contributed by atoms with Gasteiger partial charge in [-0.05, 0) is 80.8 Å². The maximum absolute atomic E-state index is 13.0. The summed E-state index contributed by atoms with van der Waals surface area (Å²) in [6.07, 6.45) is 15.7. The minimum atomic E-state index is -0.346. The van der Waals surface area contributed by atoms with Crippen molar-refractivity contribution in [2.75, 3.05) is 46.4 Å². The fraction of sp³-hybridized carbons (Fsp3) is 0.541. The molecule has 0 bridgehead atoms. The van der Waals surface area contributed by atoms with Gasteiger partial charge in [-0.1, -0.05) is 37.3 Å². The third kappa shape index (κ3) is 11.1. The number of nitrogens with zero attached hydrogens (tertiary/aromatic N) is 3. The minimum absolute atomic E-state index is 0.108. The molecule has 48 heavy (non-hydrogen) atoms. The van der Waals surface area contributed by atoms with Crippen LogP contribution in [0, 0.1) is 0 Å². The fourth-order valence-corrected chi connectivity index (χ4v) is 6.01. The Morgan fingerprint density at radius 3 is 2.54 bits per heavy atom. The van der Waals surface area contributed by atoms with Crippen molar-refractivity contribution < 1.29 is 19.1 Å². The van der Waals surface area contributed by atoms with E-state index in [0.29, 0.717) is 6.47 Å². The number of aryl methyl sites for hydroxylation is 2. The number of fused-ring (bicyclic) bond motifs is 2. The predicted molar refractivity (Wildman–Crippen MR) is 190 cm³/mol. The van der Waals surface area contributed by atoms with E-state index >= 15 is 0 Å². The van der Waals surface area contributed by atoms with E-state index < -0.39 is 0 Å².